The van der Waals surface area contributed by atoms with Gasteiger partial charge in [-0.05, 0) is 38.5 Å². The van der Waals surface area contributed by atoms with Crippen LogP contribution >= 0.6 is 0 Å². The molecule has 0 aromatic carbocycles. The normalized spacial score (nSPS) is 13.9. The van der Waals surface area contributed by atoms with E-state index in [0.717, 1.165) is 51.4 Å². The van der Waals surface area contributed by atoms with Crippen LogP contribution in [0.5, 0.6) is 0 Å². The van der Waals surface area contributed by atoms with Crippen molar-refractivity contribution in [2.24, 2.45) is 0 Å². The molecule has 6 heteroatoms. The number of allylic oxidation sites excluding steroid dienone is 10. The van der Waals surface area contributed by atoms with Gasteiger partial charge >= 0.3 is 5.97 Å². The summed E-state index contributed by atoms with van der Waals surface area (Å²) in [4.78, 5) is 26.0. The van der Waals surface area contributed by atoms with Crippen LogP contribution in [-0.2, 0) is 14.3 Å². The van der Waals surface area contributed by atoms with E-state index in [9.17, 15) is 19.8 Å². The number of rotatable bonds is 41. The van der Waals surface area contributed by atoms with Crippen LogP contribution < -0.4 is 5.32 Å². The number of nitrogens with one attached hydrogen (secondary N) is 1. The van der Waals surface area contributed by atoms with Crippen molar-refractivity contribution < 1.29 is 24.5 Å². The first-order valence-electron chi connectivity index (χ1n) is 23.6. The van der Waals surface area contributed by atoms with Gasteiger partial charge in [0.25, 0.3) is 0 Å². The monoisotopic (exact) mass is 784 g/mol. The number of aliphatic hydroxyl groups excluding tert-OH is 2. The molecule has 0 aromatic heterocycles. The minimum atomic E-state index is -0.798. The average molecular weight is 784 g/mol. The van der Waals surface area contributed by atoms with Crippen molar-refractivity contribution in [1.29, 1.82) is 0 Å². The number of hydrogen-bond donors (Lipinski definition) is 3. The van der Waals surface area contributed by atoms with Crippen molar-refractivity contribution in [2.75, 3.05) is 6.61 Å². The summed E-state index contributed by atoms with van der Waals surface area (Å²) < 4.78 is 5.86. The van der Waals surface area contributed by atoms with Crippen molar-refractivity contribution in [3.63, 3.8) is 0 Å². The summed E-state index contributed by atoms with van der Waals surface area (Å²) in [6, 6.07) is -0.714. The Bertz CT molecular complexity index is 1010. The van der Waals surface area contributed by atoms with Crippen molar-refractivity contribution >= 4 is 11.9 Å². The molecule has 0 aliphatic heterocycles. The standard InChI is InChI=1S/C50H89NO5/c1-4-7-10-13-16-19-22-24-26-27-30-33-36-39-42-48(53)47(45-52)51-49(54)44-46(41-38-35-32-29-21-18-15-12-9-6-3)56-50(55)43-40-37-34-31-28-25-23-20-17-14-11-8-5-2/h8,11,14,17,20,23,25,28,31,34,46-48,52-53H,4-7,9-10,12-13,15-16,18-19,21-22,24,26-27,29-30,32-33,35-45H2,1-3H3,(H,51,54)/b11-8+,17-14+,23-20-,28-25-,34-31+. The van der Waals surface area contributed by atoms with Crippen LogP contribution in [-0.4, -0.2) is 46.9 Å². The van der Waals surface area contributed by atoms with Crippen LogP contribution in [0.1, 0.15) is 220 Å². The second kappa shape index (κ2) is 43.7. The van der Waals surface area contributed by atoms with Gasteiger partial charge in [0.15, 0.2) is 0 Å². The second-order valence-electron chi connectivity index (χ2n) is 15.9. The lowest BCUT2D eigenvalue weighted by Gasteiger charge is -2.24. The highest BCUT2D eigenvalue weighted by Crippen LogP contribution is 2.17. The molecule has 0 rings (SSSR count). The largest absolute Gasteiger partial charge is 0.462 e. The molecule has 1 amide bonds. The summed E-state index contributed by atoms with van der Waals surface area (Å²) in [5.41, 5.74) is 0. The Balaban J connectivity index is 4.63. The number of hydrogen-bond acceptors (Lipinski definition) is 5. The maximum absolute atomic E-state index is 13.1. The van der Waals surface area contributed by atoms with E-state index in [4.69, 9.17) is 4.74 Å². The number of carbonyl (C=O) groups excluding carboxylic acids is 2. The molecular formula is C50H89NO5. The van der Waals surface area contributed by atoms with Gasteiger partial charge < -0.3 is 20.3 Å². The van der Waals surface area contributed by atoms with Crippen molar-refractivity contribution in [2.45, 2.75) is 238 Å². The lowest BCUT2D eigenvalue weighted by atomic mass is 10.0. The van der Waals surface area contributed by atoms with Crippen molar-refractivity contribution in [1.82, 2.24) is 5.32 Å². The Morgan fingerprint density at radius 2 is 0.946 bits per heavy atom. The second-order valence-corrected chi connectivity index (χ2v) is 15.9. The van der Waals surface area contributed by atoms with E-state index in [1.165, 1.54) is 116 Å². The molecule has 0 saturated carbocycles. The van der Waals surface area contributed by atoms with Crippen LogP contribution in [0.2, 0.25) is 0 Å². The van der Waals surface area contributed by atoms with Gasteiger partial charge in [0.05, 0.1) is 25.2 Å². The maximum atomic E-state index is 13.1. The molecule has 0 aromatic rings. The highest BCUT2D eigenvalue weighted by Gasteiger charge is 2.24. The first kappa shape index (κ1) is 53.6. The molecule has 56 heavy (non-hydrogen) atoms. The number of amides is 1. The van der Waals surface area contributed by atoms with E-state index in [0.29, 0.717) is 25.7 Å². The Morgan fingerprint density at radius 1 is 0.536 bits per heavy atom. The Labute approximate surface area is 346 Å². The molecule has 324 valence electrons. The third-order valence-electron chi connectivity index (χ3n) is 10.5. The molecule has 6 nitrogen and oxygen atoms in total. The summed E-state index contributed by atoms with van der Waals surface area (Å²) in [5.74, 6) is -0.562. The molecule has 0 spiro atoms. The van der Waals surface area contributed by atoms with E-state index < -0.39 is 18.2 Å². The molecule has 0 saturated heterocycles. The number of unbranched alkanes of at least 4 members (excludes halogenated alkanes) is 23. The zero-order valence-electron chi connectivity index (χ0n) is 36.8. The smallest absolute Gasteiger partial charge is 0.306 e. The molecule has 0 aliphatic carbocycles. The average Bonchev–Trinajstić information content (AvgIpc) is 3.19. The van der Waals surface area contributed by atoms with Gasteiger partial charge in [-0.25, -0.2) is 0 Å². The third-order valence-corrected chi connectivity index (χ3v) is 10.5. The fourth-order valence-corrected chi connectivity index (χ4v) is 6.93. The van der Waals surface area contributed by atoms with Gasteiger partial charge in [-0.2, -0.15) is 0 Å². The molecule has 0 fully saturated rings. The zero-order chi connectivity index (χ0) is 41.0. The molecule has 0 heterocycles. The number of carbonyl (C=O) groups is 2. The molecule has 3 unspecified atom stereocenters. The molecular weight excluding hydrogens is 695 g/mol. The van der Waals surface area contributed by atoms with Gasteiger partial charge in [0.2, 0.25) is 5.91 Å². The molecule has 3 atom stereocenters. The minimum Gasteiger partial charge on any atom is -0.462 e. The van der Waals surface area contributed by atoms with Gasteiger partial charge in [-0.1, -0.05) is 229 Å². The highest BCUT2D eigenvalue weighted by atomic mass is 16.5. The fraction of sp³-hybridized carbons (Fsp3) is 0.760. The van der Waals surface area contributed by atoms with Gasteiger partial charge in [-0.3, -0.25) is 9.59 Å². The first-order chi connectivity index (χ1) is 27.5. The Kier molecular flexibility index (Phi) is 41.8. The first-order valence-corrected chi connectivity index (χ1v) is 23.6. The zero-order valence-corrected chi connectivity index (χ0v) is 36.8. The van der Waals surface area contributed by atoms with Crippen LogP contribution in [0.15, 0.2) is 60.8 Å². The van der Waals surface area contributed by atoms with E-state index in [-0.39, 0.29) is 24.9 Å². The van der Waals surface area contributed by atoms with E-state index in [1.54, 1.807) is 0 Å². The van der Waals surface area contributed by atoms with Gasteiger partial charge in [-0.15, -0.1) is 0 Å². The van der Waals surface area contributed by atoms with Crippen LogP contribution in [0, 0.1) is 0 Å². The topological polar surface area (TPSA) is 95.9 Å². The molecule has 0 radical (unpaired) electrons. The predicted octanol–water partition coefficient (Wildman–Crippen LogP) is 13.7. The SMILES string of the molecule is CC/C=C/C=C/C=C\C=C/C=C/CCCC(=O)OC(CCCCCCCCCCCC)CC(=O)NC(CO)C(O)CCCCCCCCCCCCCCCC. The number of ether oxygens (including phenoxy) is 1. The van der Waals surface area contributed by atoms with Crippen molar-refractivity contribution in [3.05, 3.63) is 60.8 Å². The summed E-state index contributed by atoms with van der Waals surface area (Å²) in [5, 5.41) is 23.7. The minimum absolute atomic E-state index is 0.0491. The van der Waals surface area contributed by atoms with Gasteiger partial charge in [0.1, 0.15) is 6.10 Å². The fourth-order valence-electron chi connectivity index (χ4n) is 6.93. The summed E-state index contributed by atoms with van der Waals surface area (Å²) in [7, 11) is 0. The molecule has 0 aliphatic rings. The van der Waals surface area contributed by atoms with Crippen LogP contribution in [0.25, 0.3) is 0 Å². The predicted molar refractivity (Wildman–Crippen MR) is 241 cm³/mol. The van der Waals surface area contributed by atoms with Crippen LogP contribution in [0.3, 0.4) is 0 Å². The lowest BCUT2D eigenvalue weighted by molar-refractivity contribution is -0.151. The Morgan fingerprint density at radius 3 is 1.39 bits per heavy atom. The van der Waals surface area contributed by atoms with E-state index >= 15 is 0 Å². The van der Waals surface area contributed by atoms with Crippen molar-refractivity contribution in [3.8, 4) is 0 Å². The lowest BCUT2D eigenvalue weighted by Crippen LogP contribution is -2.46. The highest BCUT2D eigenvalue weighted by molar-refractivity contribution is 5.77. The maximum Gasteiger partial charge on any atom is 0.306 e. The number of esters is 1. The Hall–Kier alpha value is -2.44. The van der Waals surface area contributed by atoms with Gasteiger partial charge in [0, 0.05) is 6.42 Å². The van der Waals surface area contributed by atoms with Crippen LogP contribution in [0.4, 0.5) is 0 Å². The summed E-state index contributed by atoms with van der Waals surface area (Å²) in [6.45, 7) is 6.30. The molecule has 3 N–H and O–H groups in total. The van der Waals surface area contributed by atoms with E-state index in [2.05, 4.69) is 32.2 Å². The third kappa shape index (κ3) is 38.4. The summed E-state index contributed by atoms with van der Waals surface area (Å²) >= 11 is 0. The molecule has 0 bridgehead atoms. The quantitative estimate of drug-likeness (QED) is 0.0326. The van der Waals surface area contributed by atoms with E-state index in [1.807, 2.05) is 54.7 Å². The number of aliphatic hydroxyl groups is 2. The summed E-state index contributed by atoms with van der Waals surface area (Å²) in [6.07, 6.45) is 52.8.